The zero-order chi connectivity index (χ0) is 37.7. The fourth-order valence-corrected chi connectivity index (χ4v) is 6.01. The van der Waals surface area contributed by atoms with E-state index in [2.05, 4.69) is 4.98 Å². The zero-order valence-corrected chi connectivity index (χ0v) is 30.1. The molecule has 4 rings (SSSR count). The minimum Gasteiger partial charge on any atom is -0.478 e. The third-order valence-corrected chi connectivity index (χ3v) is 8.54. The molecule has 3 aromatic rings. The Morgan fingerprint density at radius 1 is 1.06 bits per heavy atom. The Morgan fingerprint density at radius 2 is 1.78 bits per heavy atom. The normalized spacial score (nSPS) is 15.0. The van der Waals surface area contributed by atoms with E-state index in [-0.39, 0.29) is 61.5 Å². The van der Waals surface area contributed by atoms with Crippen LogP contribution in [0.3, 0.4) is 0 Å². The van der Waals surface area contributed by atoms with E-state index in [1.54, 1.807) is 52.0 Å². The van der Waals surface area contributed by atoms with Gasteiger partial charge in [0.1, 0.15) is 11.3 Å². The maximum absolute atomic E-state index is 17.0. The molecule has 0 unspecified atom stereocenters. The van der Waals surface area contributed by atoms with Gasteiger partial charge < -0.3 is 29.1 Å². The molecule has 1 aromatic heterocycles. The van der Waals surface area contributed by atoms with E-state index in [9.17, 15) is 27.6 Å². The quantitative estimate of drug-likeness (QED) is 0.149. The van der Waals surface area contributed by atoms with E-state index in [1.165, 1.54) is 34.0 Å². The molecule has 1 aliphatic rings. The molecule has 0 radical (unpaired) electrons. The topological polar surface area (TPSA) is 95.5 Å². The van der Waals surface area contributed by atoms with Crippen molar-refractivity contribution in [3.8, 4) is 17.0 Å². The van der Waals surface area contributed by atoms with Crippen LogP contribution in [-0.2, 0) is 15.7 Å². The lowest BCUT2D eigenvalue weighted by atomic mass is 10.00. The monoisotopic (exact) mass is 735 g/mol. The molecule has 0 bridgehead atoms. The highest BCUT2D eigenvalue weighted by atomic mass is 35.5. The lowest BCUT2D eigenvalue weighted by Gasteiger charge is -2.44. The van der Waals surface area contributed by atoms with Gasteiger partial charge in [-0.3, -0.25) is 9.59 Å². The highest BCUT2D eigenvalue weighted by Crippen LogP contribution is 2.42. The van der Waals surface area contributed by atoms with Crippen molar-refractivity contribution in [2.24, 2.45) is 0 Å². The van der Waals surface area contributed by atoms with Crippen molar-refractivity contribution in [1.29, 1.82) is 0 Å². The van der Waals surface area contributed by atoms with Crippen molar-refractivity contribution in [2.75, 3.05) is 56.2 Å². The number of piperazine rings is 1. The number of hydrogen-bond acceptors (Lipinski definition) is 7. The molecule has 0 saturated carbocycles. The first-order chi connectivity index (χ1) is 24.0. The molecule has 1 atom stereocenters. The van der Waals surface area contributed by atoms with Crippen molar-refractivity contribution < 1.29 is 41.4 Å². The minimum atomic E-state index is -4.80. The van der Waals surface area contributed by atoms with Crippen molar-refractivity contribution >= 4 is 41.4 Å². The maximum atomic E-state index is 17.0. The fraction of sp³-hybridized carbons (Fsp3) is 0.444. The largest absolute Gasteiger partial charge is 0.478 e. The molecule has 276 valence electrons. The molecule has 0 N–H and O–H groups in total. The summed E-state index contributed by atoms with van der Waals surface area (Å²) in [5.41, 5.74) is -1.70. The number of aromatic nitrogens is 1. The summed E-state index contributed by atoms with van der Waals surface area (Å²) < 4.78 is 69.7. The highest BCUT2D eigenvalue weighted by Gasteiger charge is 2.39. The molecule has 0 aliphatic carbocycles. The molecule has 1 saturated heterocycles. The van der Waals surface area contributed by atoms with Crippen LogP contribution >= 0.6 is 11.6 Å². The van der Waals surface area contributed by atoms with Gasteiger partial charge in [0, 0.05) is 68.2 Å². The van der Waals surface area contributed by atoms with Crippen molar-refractivity contribution in [3.05, 3.63) is 70.6 Å². The van der Waals surface area contributed by atoms with Gasteiger partial charge in [0.2, 0.25) is 12.3 Å². The summed E-state index contributed by atoms with van der Waals surface area (Å²) in [5, 5.41) is -0.148. The number of hydrogen-bond donors (Lipinski definition) is 0. The number of pyridine rings is 1. The van der Waals surface area contributed by atoms with Crippen LogP contribution < -0.4 is 14.5 Å². The van der Waals surface area contributed by atoms with Gasteiger partial charge in [-0.1, -0.05) is 18.5 Å². The first kappa shape index (κ1) is 39.2. The second-order valence-electron chi connectivity index (χ2n) is 13.0. The van der Waals surface area contributed by atoms with Gasteiger partial charge in [-0.15, -0.1) is 0 Å². The van der Waals surface area contributed by atoms with Crippen LogP contribution in [0.4, 0.5) is 33.7 Å². The molecule has 2 heterocycles. The van der Waals surface area contributed by atoms with Gasteiger partial charge in [0.15, 0.2) is 5.82 Å². The molecular weight excluding hydrogens is 694 g/mol. The van der Waals surface area contributed by atoms with Crippen molar-refractivity contribution in [2.45, 2.75) is 58.9 Å². The summed E-state index contributed by atoms with van der Waals surface area (Å²) in [4.78, 5) is 48.8. The van der Waals surface area contributed by atoms with Gasteiger partial charge in [0.05, 0.1) is 23.4 Å². The number of anilines is 2. The number of likely N-dealkylation sites (N-methyl/N-ethyl adjacent to an activating group) is 1. The van der Waals surface area contributed by atoms with Crippen LogP contribution in [0.5, 0.6) is 5.88 Å². The SMILES string of the molecule is CCOc1ncccc1-c1ccc(N2CCN(C(=O)c3ccc(Cl)cc3C(F)(F)F)C[C@H]2CC)c(N(C=O)CCN(C)C(=O)OC(C)(C)C)c1F. The number of rotatable bonds is 11. The van der Waals surface area contributed by atoms with Crippen LogP contribution in [-0.4, -0.2) is 91.2 Å². The van der Waals surface area contributed by atoms with E-state index < -0.39 is 46.8 Å². The van der Waals surface area contributed by atoms with E-state index in [4.69, 9.17) is 21.1 Å². The molecule has 2 aromatic carbocycles. The van der Waals surface area contributed by atoms with Crippen LogP contribution in [0.25, 0.3) is 11.1 Å². The zero-order valence-electron chi connectivity index (χ0n) is 29.4. The van der Waals surface area contributed by atoms with Crippen LogP contribution in [0.1, 0.15) is 57.0 Å². The standard InChI is InChI=1S/C36H42ClF4N5O5/c1-7-24-21-44(33(48)27-12-11-23(37)20-28(27)36(39,40)41)18-19-46(24)29-14-13-25(26-10-9-15-42-32(26)50-8-2)30(38)31(29)45(22-47)17-16-43(6)34(49)51-35(3,4)5/h9-15,20,22,24H,7-8,16-19,21H2,1-6H3/t24-/m1/s1. The molecule has 51 heavy (non-hydrogen) atoms. The molecule has 3 amide bonds. The Kier molecular flexibility index (Phi) is 12.4. The Morgan fingerprint density at radius 3 is 2.41 bits per heavy atom. The van der Waals surface area contributed by atoms with Gasteiger partial charge in [-0.05, 0) is 76.6 Å². The van der Waals surface area contributed by atoms with Gasteiger partial charge in [-0.25, -0.2) is 14.2 Å². The molecule has 0 spiro atoms. The lowest BCUT2D eigenvalue weighted by molar-refractivity contribution is -0.138. The summed E-state index contributed by atoms with van der Waals surface area (Å²) in [5.74, 6) is -1.37. The molecule has 15 heteroatoms. The van der Waals surface area contributed by atoms with Gasteiger partial charge >= 0.3 is 12.3 Å². The van der Waals surface area contributed by atoms with Crippen LogP contribution in [0.15, 0.2) is 48.7 Å². The molecule has 1 aliphatic heterocycles. The fourth-order valence-electron chi connectivity index (χ4n) is 5.84. The maximum Gasteiger partial charge on any atom is 0.417 e. The number of ether oxygens (including phenoxy) is 2. The molecule has 10 nitrogen and oxygen atoms in total. The molecular formula is C36H42ClF4N5O5. The lowest BCUT2D eigenvalue weighted by Crippen LogP contribution is -2.55. The van der Waals surface area contributed by atoms with Gasteiger partial charge in [0.25, 0.3) is 5.91 Å². The molecule has 1 fully saturated rings. The summed E-state index contributed by atoms with van der Waals surface area (Å²) in [6.45, 7) is 9.10. The van der Waals surface area contributed by atoms with E-state index in [0.717, 1.165) is 12.1 Å². The number of carbonyl (C=O) groups is 3. The third kappa shape index (κ3) is 9.21. The van der Waals surface area contributed by atoms with Gasteiger partial charge in [-0.2, -0.15) is 13.2 Å². The number of alkyl halides is 3. The average molecular weight is 736 g/mol. The second-order valence-corrected chi connectivity index (χ2v) is 13.4. The van der Waals surface area contributed by atoms with Crippen LogP contribution in [0.2, 0.25) is 5.02 Å². The smallest absolute Gasteiger partial charge is 0.417 e. The Balaban J connectivity index is 1.74. The predicted molar refractivity (Wildman–Crippen MR) is 187 cm³/mol. The Labute approximate surface area is 299 Å². The summed E-state index contributed by atoms with van der Waals surface area (Å²) >= 11 is 5.84. The predicted octanol–water partition coefficient (Wildman–Crippen LogP) is 7.53. The average Bonchev–Trinajstić information content (AvgIpc) is 3.07. The second kappa shape index (κ2) is 16.2. The number of halogens is 5. The number of amides is 3. The first-order valence-electron chi connectivity index (χ1n) is 16.5. The first-order valence-corrected chi connectivity index (χ1v) is 16.9. The van der Waals surface area contributed by atoms with E-state index in [0.29, 0.717) is 24.1 Å². The Bertz CT molecular complexity index is 1730. The number of benzene rings is 2. The summed E-state index contributed by atoms with van der Waals surface area (Å²) in [6.07, 6.45) is -3.01. The van der Waals surface area contributed by atoms with Crippen LogP contribution in [0, 0.1) is 5.82 Å². The number of nitrogens with zero attached hydrogens (tertiary/aromatic N) is 5. The van der Waals surface area contributed by atoms with Crippen molar-refractivity contribution in [1.82, 2.24) is 14.8 Å². The summed E-state index contributed by atoms with van der Waals surface area (Å²) in [7, 11) is 1.50. The highest BCUT2D eigenvalue weighted by molar-refractivity contribution is 6.30. The van der Waals surface area contributed by atoms with E-state index in [1.807, 2.05) is 11.8 Å². The summed E-state index contributed by atoms with van der Waals surface area (Å²) in [6, 6.07) is 9.05. The van der Waals surface area contributed by atoms with E-state index >= 15 is 4.39 Å². The Hall–Kier alpha value is -4.59. The van der Waals surface area contributed by atoms with Crippen molar-refractivity contribution in [3.63, 3.8) is 0 Å². The minimum absolute atomic E-state index is 0.00400. The number of carbonyl (C=O) groups excluding carboxylic acids is 3. The third-order valence-electron chi connectivity index (χ3n) is 8.30.